The third-order valence-corrected chi connectivity index (χ3v) is 6.78. The maximum atomic E-state index is 14.2. The van der Waals surface area contributed by atoms with E-state index in [1.54, 1.807) is 11.0 Å². The molecule has 0 unspecified atom stereocenters. The predicted octanol–water partition coefficient (Wildman–Crippen LogP) is 3.68. The van der Waals surface area contributed by atoms with Crippen molar-refractivity contribution in [3.63, 3.8) is 0 Å². The highest BCUT2D eigenvalue weighted by molar-refractivity contribution is 5.82. The topological polar surface area (TPSA) is 79.1 Å². The lowest BCUT2D eigenvalue weighted by Gasteiger charge is -2.39. The summed E-state index contributed by atoms with van der Waals surface area (Å²) in [4.78, 5) is 14.5. The van der Waals surface area contributed by atoms with Crippen LogP contribution in [0.1, 0.15) is 49.8 Å². The van der Waals surface area contributed by atoms with Crippen LogP contribution in [0.25, 0.3) is 11.3 Å². The van der Waals surface area contributed by atoms with Gasteiger partial charge in [-0.2, -0.15) is 10.4 Å². The lowest BCUT2D eigenvalue weighted by atomic mass is 9.92. The number of hydrogen-bond acceptors (Lipinski definition) is 5. The first kappa shape index (κ1) is 20.0. The number of nitrogens with zero attached hydrogens (tertiary/aromatic N) is 4. The maximum Gasteiger partial charge on any atom is 0.251 e. The molecule has 0 radical (unpaired) electrons. The Bertz CT molecular complexity index is 1080. The normalized spacial score (nSPS) is 25.1. The van der Waals surface area contributed by atoms with E-state index >= 15 is 0 Å². The van der Waals surface area contributed by atoms with Crippen molar-refractivity contribution in [2.45, 2.75) is 50.2 Å². The number of hydrogen-bond donors (Lipinski definition) is 0. The number of fused-ring (bicyclic) bond motifs is 5. The molecule has 1 aromatic carbocycles. The number of likely N-dealkylation sites (tertiary alicyclic amines) is 1. The summed E-state index contributed by atoms with van der Waals surface area (Å²) in [5, 5.41) is 17.4. The number of halogens is 2. The van der Waals surface area contributed by atoms with Crippen LogP contribution < -0.4 is 0 Å². The fourth-order valence-corrected chi connectivity index (χ4v) is 5.11. The fraction of sp³-hybridized carbons (Fsp3) is 0.478. The molecule has 1 aromatic heterocycles. The Labute approximate surface area is 178 Å². The van der Waals surface area contributed by atoms with E-state index in [9.17, 15) is 13.6 Å². The van der Waals surface area contributed by atoms with E-state index in [1.165, 1.54) is 18.2 Å². The zero-order valence-corrected chi connectivity index (χ0v) is 17.1. The van der Waals surface area contributed by atoms with Crippen LogP contribution in [0.3, 0.4) is 0 Å². The Hall–Kier alpha value is -2.92. The van der Waals surface area contributed by atoms with Crippen LogP contribution in [-0.2, 0) is 15.1 Å². The molecule has 160 valence electrons. The highest BCUT2D eigenvalue weighted by Crippen LogP contribution is 2.57. The van der Waals surface area contributed by atoms with Gasteiger partial charge in [-0.25, -0.2) is 8.78 Å². The van der Waals surface area contributed by atoms with Gasteiger partial charge in [-0.3, -0.25) is 4.79 Å². The molecule has 1 saturated carbocycles. The van der Waals surface area contributed by atoms with Crippen LogP contribution >= 0.6 is 0 Å². The molecule has 1 aliphatic heterocycles. The van der Waals surface area contributed by atoms with Crippen molar-refractivity contribution in [3.8, 4) is 17.3 Å². The minimum absolute atomic E-state index is 0.0988. The van der Waals surface area contributed by atoms with Gasteiger partial charge in [0.1, 0.15) is 23.3 Å². The second-order valence-electron chi connectivity index (χ2n) is 8.65. The van der Waals surface area contributed by atoms with Crippen LogP contribution in [0.4, 0.5) is 8.78 Å². The van der Waals surface area contributed by atoms with Crippen molar-refractivity contribution in [2.75, 3.05) is 13.1 Å². The average molecular weight is 424 g/mol. The smallest absolute Gasteiger partial charge is 0.251 e. The van der Waals surface area contributed by atoms with Gasteiger partial charge in [-0.1, -0.05) is 13.0 Å². The van der Waals surface area contributed by atoms with Crippen LogP contribution in [0, 0.1) is 28.9 Å². The number of ether oxygens (including phenoxy) is 1. The molecule has 8 heteroatoms. The molecule has 2 aliphatic carbocycles. The molecule has 2 heterocycles. The molecule has 3 aliphatic rings. The van der Waals surface area contributed by atoms with E-state index in [0.29, 0.717) is 31.6 Å². The van der Waals surface area contributed by atoms with Crippen molar-refractivity contribution in [3.05, 3.63) is 47.2 Å². The molecule has 0 N–H and O–H groups in total. The first-order valence-electron chi connectivity index (χ1n) is 10.6. The Morgan fingerprint density at radius 1 is 1.35 bits per heavy atom. The van der Waals surface area contributed by atoms with Gasteiger partial charge in [-0.15, -0.1) is 5.10 Å². The summed E-state index contributed by atoms with van der Waals surface area (Å²) in [6.45, 7) is 2.79. The van der Waals surface area contributed by atoms with Crippen molar-refractivity contribution in [2.24, 2.45) is 5.92 Å². The van der Waals surface area contributed by atoms with Gasteiger partial charge in [-0.05, 0) is 55.4 Å². The summed E-state index contributed by atoms with van der Waals surface area (Å²) in [5.74, 6) is -1.39. The molecule has 6 nitrogen and oxygen atoms in total. The van der Waals surface area contributed by atoms with Crippen molar-refractivity contribution in [1.82, 2.24) is 15.1 Å². The first-order chi connectivity index (χ1) is 15.0. The minimum Gasteiger partial charge on any atom is -0.356 e. The zero-order valence-electron chi connectivity index (χ0n) is 17.1. The molecular formula is C23H22F2N4O2. The van der Waals surface area contributed by atoms with Crippen LogP contribution in [-0.4, -0.2) is 40.2 Å². The molecular weight excluding hydrogens is 402 g/mol. The van der Waals surface area contributed by atoms with Gasteiger partial charge in [0.15, 0.2) is 0 Å². The molecule has 31 heavy (non-hydrogen) atoms. The van der Waals surface area contributed by atoms with Gasteiger partial charge < -0.3 is 9.64 Å². The van der Waals surface area contributed by atoms with Gasteiger partial charge in [0.2, 0.25) is 0 Å². The first-order valence-corrected chi connectivity index (χ1v) is 10.6. The number of benzene rings is 1. The summed E-state index contributed by atoms with van der Waals surface area (Å²) in [7, 11) is 0. The van der Waals surface area contributed by atoms with E-state index < -0.39 is 23.3 Å². The van der Waals surface area contributed by atoms with Gasteiger partial charge >= 0.3 is 0 Å². The van der Waals surface area contributed by atoms with E-state index in [0.717, 1.165) is 18.4 Å². The Kier molecular flexibility index (Phi) is 4.74. The van der Waals surface area contributed by atoms with E-state index in [2.05, 4.69) is 16.3 Å². The van der Waals surface area contributed by atoms with Gasteiger partial charge in [0, 0.05) is 13.1 Å². The molecule has 1 amide bonds. The van der Waals surface area contributed by atoms with Crippen LogP contribution in [0.5, 0.6) is 0 Å². The number of carbonyl (C=O) groups is 1. The predicted molar refractivity (Wildman–Crippen MR) is 107 cm³/mol. The second kappa shape index (κ2) is 7.34. The summed E-state index contributed by atoms with van der Waals surface area (Å²) in [5.41, 5.74) is 0.865. The summed E-state index contributed by atoms with van der Waals surface area (Å²) in [6, 6.07) is 7.61. The number of carbonyl (C=O) groups excluding carboxylic acids is 1. The average Bonchev–Trinajstić information content (AvgIpc) is 3.28. The molecule has 5 rings (SSSR count). The molecule has 2 fully saturated rings. The monoisotopic (exact) mass is 424 g/mol. The Morgan fingerprint density at radius 2 is 2.10 bits per heavy atom. The highest BCUT2D eigenvalue weighted by Gasteiger charge is 2.54. The Morgan fingerprint density at radius 3 is 2.77 bits per heavy atom. The summed E-state index contributed by atoms with van der Waals surface area (Å²) in [6.07, 6.45) is 2.18. The lowest BCUT2D eigenvalue weighted by molar-refractivity contribution is -0.164. The third kappa shape index (κ3) is 3.10. The number of aromatic nitrogens is 2. The molecule has 2 aromatic rings. The van der Waals surface area contributed by atoms with E-state index in [4.69, 9.17) is 10.00 Å². The van der Waals surface area contributed by atoms with Gasteiger partial charge in [0.05, 0.1) is 28.9 Å². The molecule has 1 saturated heterocycles. The van der Waals surface area contributed by atoms with E-state index in [1.807, 2.05) is 6.92 Å². The van der Waals surface area contributed by atoms with E-state index in [-0.39, 0.29) is 29.0 Å². The molecule has 3 atom stereocenters. The zero-order chi connectivity index (χ0) is 21.8. The summed E-state index contributed by atoms with van der Waals surface area (Å²) < 4.78 is 34.9. The Balaban J connectivity index is 1.43. The SMILES string of the molecule is CC[C@@H](O[C@]12CC[C@H](C1)c1cc(-c3c(F)cccc3F)nnc12)C(=O)N1CC(C#N)C1. The van der Waals surface area contributed by atoms with Crippen molar-refractivity contribution in [1.29, 1.82) is 5.26 Å². The lowest BCUT2D eigenvalue weighted by Crippen LogP contribution is -2.54. The van der Waals surface area contributed by atoms with Crippen molar-refractivity contribution >= 4 is 5.91 Å². The largest absolute Gasteiger partial charge is 0.356 e. The van der Waals surface area contributed by atoms with Crippen LogP contribution in [0.2, 0.25) is 0 Å². The third-order valence-electron chi connectivity index (χ3n) is 6.78. The van der Waals surface area contributed by atoms with Crippen molar-refractivity contribution < 1.29 is 18.3 Å². The second-order valence-corrected chi connectivity index (χ2v) is 8.65. The number of rotatable bonds is 5. The quantitative estimate of drug-likeness (QED) is 0.732. The number of amides is 1. The minimum atomic E-state index is -0.699. The van der Waals surface area contributed by atoms with Crippen LogP contribution in [0.15, 0.2) is 24.3 Å². The molecule has 2 bridgehead atoms. The van der Waals surface area contributed by atoms with Gasteiger partial charge in [0.25, 0.3) is 5.91 Å². The molecule has 0 spiro atoms. The maximum absolute atomic E-state index is 14.2. The number of nitriles is 1. The standard InChI is InChI=1S/C23H22F2N4O2/c1-2-19(22(30)29-11-13(10-26)12-29)31-23-7-6-14(9-23)15-8-18(27-28-21(15)23)20-16(24)4-3-5-17(20)25/h3-5,8,13-14,19H,2,6-7,9,11-12H2,1H3/t14-,19-,23-/m1/s1. The highest BCUT2D eigenvalue weighted by atomic mass is 19.1. The summed E-state index contributed by atoms with van der Waals surface area (Å²) >= 11 is 0. The fourth-order valence-electron chi connectivity index (χ4n) is 5.11.